The van der Waals surface area contributed by atoms with Gasteiger partial charge in [0.2, 0.25) is 0 Å². The number of H-pyrrole nitrogens is 1. The maximum Gasteiger partial charge on any atom is 0.360 e. The van der Waals surface area contributed by atoms with E-state index >= 15 is 0 Å². The molecular weight excluding hydrogens is 290 g/mol. The molecule has 0 saturated heterocycles. The summed E-state index contributed by atoms with van der Waals surface area (Å²) in [7, 11) is 3.65. The Morgan fingerprint density at radius 2 is 1.78 bits per heavy atom. The van der Waals surface area contributed by atoms with Gasteiger partial charge in [0.25, 0.3) is 0 Å². The Morgan fingerprint density at radius 3 is 2.57 bits per heavy atom. The third-order valence-corrected chi connectivity index (χ3v) is 3.86. The van der Waals surface area contributed by atoms with E-state index < -0.39 is 0 Å². The first-order valence-electron chi connectivity index (χ1n) is 7.33. The molecule has 5 heteroatoms. The fourth-order valence-corrected chi connectivity index (χ4v) is 2.86. The van der Waals surface area contributed by atoms with Gasteiger partial charge < -0.3 is 14.3 Å². The number of aromatic amines is 1. The molecular formula is C18H15N3O2. The van der Waals surface area contributed by atoms with Gasteiger partial charge in [-0.25, -0.2) is 9.78 Å². The lowest BCUT2D eigenvalue weighted by Crippen LogP contribution is -2.19. The van der Waals surface area contributed by atoms with E-state index in [1.165, 1.54) is 0 Å². The van der Waals surface area contributed by atoms with Gasteiger partial charge in [-0.2, -0.15) is 0 Å². The lowest BCUT2D eigenvalue weighted by atomic mass is 10.1. The predicted octanol–water partition coefficient (Wildman–Crippen LogP) is 3.40. The van der Waals surface area contributed by atoms with E-state index in [1.54, 1.807) is 11.0 Å². The molecule has 1 N–H and O–H groups in total. The van der Waals surface area contributed by atoms with Gasteiger partial charge in [0, 0.05) is 19.5 Å². The average molecular weight is 305 g/mol. The van der Waals surface area contributed by atoms with Crippen LogP contribution in [0, 0.1) is 0 Å². The summed E-state index contributed by atoms with van der Waals surface area (Å²) in [6.45, 7) is 0. The molecule has 0 bridgehead atoms. The van der Waals surface area contributed by atoms with Crippen LogP contribution in [0.25, 0.3) is 33.4 Å². The zero-order valence-corrected chi connectivity index (χ0v) is 12.8. The largest absolute Gasteiger partial charge is 0.421 e. The van der Waals surface area contributed by atoms with Crippen LogP contribution in [-0.2, 0) is 0 Å². The SMILES string of the molecule is CN(C)c1c(-c2nc3ccccc3[nH]2)c2ccccc2oc1=O. The van der Waals surface area contributed by atoms with Crippen molar-refractivity contribution >= 4 is 27.7 Å². The van der Waals surface area contributed by atoms with Crippen molar-refractivity contribution in [1.29, 1.82) is 0 Å². The summed E-state index contributed by atoms with van der Waals surface area (Å²) >= 11 is 0. The highest BCUT2D eigenvalue weighted by Crippen LogP contribution is 2.33. The molecule has 0 aliphatic rings. The first-order valence-corrected chi connectivity index (χ1v) is 7.33. The van der Waals surface area contributed by atoms with Gasteiger partial charge in [-0.15, -0.1) is 0 Å². The highest BCUT2D eigenvalue weighted by atomic mass is 16.4. The topological polar surface area (TPSA) is 62.1 Å². The van der Waals surface area contributed by atoms with Gasteiger partial charge in [-0.3, -0.25) is 0 Å². The molecule has 2 aromatic carbocycles. The fourth-order valence-electron chi connectivity index (χ4n) is 2.86. The first-order chi connectivity index (χ1) is 11.1. The second-order valence-corrected chi connectivity index (χ2v) is 5.61. The van der Waals surface area contributed by atoms with E-state index in [0.29, 0.717) is 17.1 Å². The molecule has 0 amide bonds. The van der Waals surface area contributed by atoms with E-state index in [-0.39, 0.29) is 5.63 Å². The van der Waals surface area contributed by atoms with Crippen molar-refractivity contribution in [3.63, 3.8) is 0 Å². The maximum absolute atomic E-state index is 12.4. The molecule has 4 aromatic rings. The molecule has 5 nitrogen and oxygen atoms in total. The monoisotopic (exact) mass is 305 g/mol. The quantitative estimate of drug-likeness (QED) is 0.577. The molecule has 0 fully saturated rings. The van der Waals surface area contributed by atoms with Crippen molar-refractivity contribution in [3.8, 4) is 11.4 Å². The summed E-state index contributed by atoms with van der Waals surface area (Å²) in [4.78, 5) is 22.2. The summed E-state index contributed by atoms with van der Waals surface area (Å²) in [6.07, 6.45) is 0. The normalized spacial score (nSPS) is 11.2. The second-order valence-electron chi connectivity index (χ2n) is 5.61. The standard InChI is InChI=1S/C18H15N3O2/c1-21(2)16-15(11-7-3-6-10-14(11)23-18(16)22)17-19-12-8-4-5-9-13(12)20-17/h3-10H,1-2H3,(H,19,20). The Hall–Kier alpha value is -3.08. The summed E-state index contributed by atoms with van der Waals surface area (Å²) in [6, 6.07) is 15.3. The van der Waals surface area contributed by atoms with E-state index in [1.807, 2.05) is 56.6 Å². The zero-order chi connectivity index (χ0) is 16.0. The van der Waals surface area contributed by atoms with Crippen molar-refractivity contribution in [2.24, 2.45) is 0 Å². The highest BCUT2D eigenvalue weighted by Gasteiger charge is 2.20. The molecule has 0 aliphatic carbocycles. The number of nitrogens with one attached hydrogen (secondary N) is 1. The summed E-state index contributed by atoms with van der Waals surface area (Å²) in [5.74, 6) is 0.666. The third-order valence-electron chi connectivity index (χ3n) is 3.86. The molecule has 0 spiro atoms. The third kappa shape index (κ3) is 2.09. The van der Waals surface area contributed by atoms with Crippen LogP contribution in [0.2, 0.25) is 0 Å². The zero-order valence-electron chi connectivity index (χ0n) is 12.8. The number of benzene rings is 2. The molecule has 2 heterocycles. The minimum absolute atomic E-state index is 0.371. The summed E-state index contributed by atoms with van der Waals surface area (Å²) < 4.78 is 5.45. The van der Waals surface area contributed by atoms with Crippen LogP contribution in [-0.4, -0.2) is 24.1 Å². The van der Waals surface area contributed by atoms with Crippen LogP contribution in [0.5, 0.6) is 0 Å². The maximum atomic E-state index is 12.4. The molecule has 114 valence electrons. The van der Waals surface area contributed by atoms with Crippen molar-refractivity contribution in [3.05, 3.63) is 59.0 Å². The molecule has 0 aliphatic heterocycles. The minimum atomic E-state index is -0.371. The van der Waals surface area contributed by atoms with Gasteiger partial charge in [-0.05, 0) is 18.2 Å². The van der Waals surface area contributed by atoms with Gasteiger partial charge >= 0.3 is 5.63 Å². The molecule has 2 aromatic heterocycles. The smallest absolute Gasteiger partial charge is 0.360 e. The number of aromatic nitrogens is 2. The van der Waals surface area contributed by atoms with Crippen LogP contribution in [0.1, 0.15) is 0 Å². The number of rotatable bonds is 2. The van der Waals surface area contributed by atoms with Gasteiger partial charge in [0.1, 0.15) is 17.1 Å². The average Bonchev–Trinajstić information content (AvgIpc) is 2.96. The number of nitrogens with zero attached hydrogens (tertiary/aromatic N) is 2. The number of para-hydroxylation sites is 3. The number of hydrogen-bond donors (Lipinski definition) is 1. The summed E-state index contributed by atoms with van der Waals surface area (Å²) in [5, 5.41) is 0.856. The van der Waals surface area contributed by atoms with Crippen molar-refractivity contribution < 1.29 is 4.42 Å². The summed E-state index contributed by atoms with van der Waals surface area (Å²) in [5.41, 5.74) is 3.23. The number of fused-ring (bicyclic) bond motifs is 2. The second kappa shape index (κ2) is 4.98. The van der Waals surface area contributed by atoms with Crippen LogP contribution >= 0.6 is 0 Å². The molecule has 4 rings (SSSR count). The molecule has 0 unspecified atom stereocenters. The van der Waals surface area contributed by atoms with Gasteiger partial charge in [-0.1, -0.05) is 30.3 Å². The van der Waals surface area contributed by atoms with E-state index in [0.717, 1.165) is 22.0 Å². The Bertz CT molecular complexity index is 1040. The lowest BCUT2D eigenvalue weighted by molar-refractivity contribution is 0.561. The van der Waals surface area contributed by atoms with E-state index in [9.17, 15) is 4.79 Å². The van der Waals surface area contributed by atoms with Crippen molar-refractivity contribution in [2.45, 2.75) is 0 Å². The fraction of sp³-hybridized carbons (Fsp3) is 0.111. The van der Waals surface area contributed by atoms with E-state index in [4.69, 9.17) is 4.42 Å². The van der Waals surface area contributed by atoms with Crippen molar-refractivity contribution in [2.75, 3.05) is 19.0 Å². The molecule has 0 atom stereocenters. The number of imidazole rings is 1. The Labute approximate surface area is 132 Å². The molecule has 23 heavy (non-hydrogen) atoms. The van der Waals surface area contributed by atoms with Gasteiger partial charge in [0.05, 0.1) is 16.6 Å². The number of anilines is 1. The lowest BCUT2D eigenvalue weighted by Gasteiger charge is -2.16. The highest BCUT2D eigenvalue weighted by molar-refractivity contribution is 5.99. The Morgan fingerprint density at radius 1 is 1.04 bits per heavy atom. The minimum Gasteiger partial charge on any atom is -0.421 e. The predicted molar refractivity (Wildman–Crippen MR) is 91.9 cm³/mol. The van der Waals surface area contributed by atoms with Gasteiger partial charge in [0.15, 0.2) is 0 Å². The molecule has 0 radical (unpaired) electrons. The number of hydrogen-bond acceptors (Lipinski definition) is 4. The van der Waals surface area contributed by atoms with Crippen LogP contribution in [0.3, 0.4) is 0 Å². The molecule has 0 saturated carbocycles. The van der Waals surface area contributed by atoms with Crippen LogP contribution in [0.15, 0.2) is 57.7 Å². The first kappa shape index (κ1) is 13.6. The van der Waals surface area contributed by atoms with Crippen LogP contribution in [0.4, 0.5) is 5.69 Å². The Balaban J connectivity index is 2.15. The Kier molecular flexibility index (Phi) is 2.94. The van der Waals surface area contributed by atoms with Crippen molar-refractivity contribution in [1.82, 2.24) is 9.97 Å². The van der Waals surface area contributed by atoms with E-state index in [2.05, 4.69) is 9.97 Å². The van der Waals surface area contributed by atoms with Crippen LogP contribution < -0.4 is 10.5 Å².